The molecule has 26 heavy (non-hydrogen) atoms. The molecule has 0 spiro atoms. The van der Waals surface area contributed by atoms with E-state index < -0.39 is 16.2 Å². The summed E-state index contributed by atoms with van der Waals surface area (Å²) in [7, 11) is -2.46. The van der Waals surface area contributed by atoms with Gasteiger partial charge in [0.1, 0.15) is 5.75 Å². The molecule has 1 aliphatic rings. The third-order valence-corrected chi connectivity index (χ3v) is 5.73. The first kappa shape index (κ1) is 18.1. The van der Waals surface area contributed by atoms with Crippen molar-refractivity contribution < 1.29 is 23.1 Å². The van der Waals surface area contributed by atoms with Crippen molar-refractivity contribution in [3.8, 4) is 5.75 Å². The summed E-state index contributed by atoms with van der Waals surface area (Å²) in [5.41, 5.74) is 0.184. The number of ether oxygens (including phenoxy) is 1. The molecule has 0 bridgehead atoms. The minimum absolute atomic E-state index is 0.00530. The maximum absolute atomic E-state index is 12.6. The van der Waals surface area contributed by atoms with Crippen LogP contribution in [-0.2, 0) is 10.2 Å². The smallest absolute Gasteiger partial charge is 0.335 e. The summed E-state index contributed by atoms with van der Waals surface area (Å²) < 4.78 is 34.1. The highest BCUT2D eigenvalue weighted by Crippen LogP contribution is 2.30. The summed E-state index contributed by atoms with van der Waals surface area (Å²) in [6, 6.07) is 3.94. The minimum atomic E-state index is -3.80. The Morgan fingerprint density at radius 1 is 1.38 bits per heavy atom. The van der Waals surface area contributed by atoms with Crippen LogP contribution in [-0.4, -0.2) is 64.6 Å². The summed E-state index contributed by atoms with van der Waals surface area (Å²) in [5, 5.41) is 22.8. The van der Waals surface area contributed by atoms with Crippen molar-refractivity contribution in [2.24, 2.45) is 0 Å². The molecule has 0 radical (unpaired) electrons. The van der Waals surface area contributed by atoms with Gasteiger partial charge in [0.25, 0.3) is 0 Å². The van der Waals surface area contributed by atoms with E-state index in [9.17, 15) is 13.2 Å². The Morgan fingerprint density at radius 3 is 2.69 bits per heavy atom. The van der Waals surface area contributed by atoms with Crippen molar-refractivity contribution in [2.75, 3.05) is 24.9 Å². The second kappa shape index (κ2) is 7.25. The number of carboxylic acids is 1. The highest BCUT2D eigenvalue weighted by molar-refractivity contribution is 7.90. The van der Waals surface area contributed by atoms with E-state index in [4.69, 9.17) is 9.84 Å². The number of rotatable bonds is 6. The molecule has 1 aromatic heterocycles. The summed E-state index contributed by atoms with van der Waals surface area (Å²) in [6.45, 7) is 0.619. The average molecular weight is 382 g/mol. The van der Waals surface area contributed by atoms with E-state index in [2.05, 4.69) is 25.3 Å². The number of hydrogen-bond donors (Lipinski definition) is 3. The van der Waals surface area contributed by atoms with E-state index in [-0.39, 0.29) is 22.9 Å². The topological polar surface area (TPSA) is 150 Å². The number of nitrogens with zero attached hydrogens (tertiary/aromatic N) is 4. The van der Waals surface area contributed by atoms with Gasteiger partial charge in [0, 0.05) is 19.0 Å². The van der Waals surface area contributed by atoms with Gasteiger partial charge < -0.3 is 9.84 Å². The Bertz CT molecular complexity index is 877. The van der Waals surface area contributed by atoms with Gasteiger partial charge in [-0.05, 0) is 31.0 Å². The van der Waals surface area contributed by atoms with Crippen molar-refractivity contribution in [2.45, 2.75) is 18.8 Å². The van der Waals surface area contributed by atoms with Crippen LogP contribution < -0.4 is 9.46 Å². The van der Waals surface area contributed by atoms with Crippen molar-refractivity contribution in [3.05, 3.63) is 29.6 Å². The highest BCUT2D eigenvalue weighted by atomic mass is 32.2. The van der Waals surface area contributed by atoms with Gasteiger partial charge in [0.05, 0.1) is 18.4 Å². The number of hydrogen-bond acceptors (Lipinski definition) is 7. The number of aromatic carboxylic acids is 1. The zero-order valence-electron chi connectivity index (χ0n) is 13.9. The van der Waals surface area contributed by atoms with Gasteiger partial charge in [-0.1, -0.05) is 5.21 Å². The van der Waals surface area contributed by atoms with Crippen LogP contribution in [0.2, 0.25) is 0 Å². The highest BCUT2D eigenvalue weighted by Gasteiger charge is 2.30. The summed E-state index contributed by atoms with van der Waals surface area (Å²) >= 11 is 0. The van der Waals surface area contributed by atoms with Crippen LogP contribution in [0, 0.1) is 0 Å². The molecule has 1 fully saturated rings. The molecular weight excluding hydrogens is 364 g/mol. The average Bonchev–Trinajstić information content (AvgIpc) is 3.16. The van der Waals surface area contributed by atoms with Gasteiger partial charge in [-0.2, -0.15) is 17.9 Å². The van der Waals surface area contributed by atoms with E-state index in [0.717, 1.165) is 0 Å². The normalized spacial score (nSPS) is 16.3. The van der Waals surface area contributed by atoms with Crippen molar-refractivity contribution >= 4 is 21.9 Å². The van der Waals surface area contributed by atoms with Crippen LogP contribution in [0.1, 0.15) is 34.9 Å². The third-order valence-electron chi connectivity index (χ3n) is 4.21. The lowest BCUT2D eigenvalue weighted by molar-refractivity contribution is 0.0696. The Morgan fingerprint density at radius 2 is 2.12 bits per heavy atom. The lowest BCUT2D eigenvalue weighted by atomic mass is 9.98. The number of carboxylic acid groups (broad SMARTS) is 1. The van der Waals surface area contributed by atoms with Gasteiger partial charge in [-0.25, -0.2) is 4.79 Å². The fourth-order valence-electron chi connectivity index (χ4n) is 2.81. The van der Waals surface area contributed by atoms with E-state index in [1.54, 1.807) is 0 Å². The molecule has 0 unspecified atom stereocenters. The van der Waals surface area contributed by atoms with Crippen LogP contribution in [0.4, 0.5) is 5.69 Å². The van der Waals surface area contributed by atoms with Crippen LogP contribution in [0.15, 0.2) is 18.2 Å². The predicted octanol–water partition coefficient (Wildman–Crippen LogP) is 0.443. The number of benzene rings is 1. The number of piperidine rings is 1. The van der Waals surface area contributed by atoms with Crippen LogP contribution in [0.25, 0.3) is 0 Å². The second-order valence-corrected chi connectivity index (χ2v) is 7.44. The molecule has 2 aromatic rings. The molecule has 3 rings (SSSR count). The fourth-order valence-corrected chi connectivity index (χ4v) is 4.08. The van der Waals surface area contributed by atoms with Crippen molar-refractivity contribution in [3.63, 3.8) is 0 Å². The predicted molar refractivity (Wildman–Crippen MR) is 90.2 cm³/mol. The zero-order chi connectivity index (χ0) is 18.7. The number of aromatic amines is 1. The van der Waals surface area contributed by atoms with E-state index in [1.165, 1.54) is 29.6 Å². The van der Waals surface area contributed by atoms with Gasteiger partial charge in [-0.15, -0.1) is 10.2 Å². The summed E-state index contributed by atoms with van der Waals surface area (Å²) in [4.78, 5) is 11.0. The number of nitrogens with one attached hydrogen (secondary N) is 2. The number of anilines is 1. The third kappa shape index (κ3) is 3.75. The summed E-state index contributed by atoms with van der Waals surface area (Å²) in [5.74, 6) is -0.345. The Balaban J connectivity index is 1.71. The maximum Gasteiger partial charge on any atom is 0.335 e. The molecule has 0 saturated carbocycles. The number of aromatic nitrogens is 4. The van der Waals surface area contributed by atoms with Crippen LogP contribution in [0.5, 0.6) is 5.75 Å². The molecule has 11 nitrogen and oxygen atoms in total. The first-order valence-electron chi connectivity index (χ1n) is 7.83. The monoisotopic (exact) mass is 382 g/mol. The van der Waals surface area contributed by atoms with Crippen molar-refractivity contribution in [1.29, 1.82) is 0 Å². The first-order valence-corrected chi connectivity index (χ1v) is 9.27. The van der Waals surface area contributed by atoms with E-state index >= 15 is 0 Å². The van der Waals surface area contributed by atoms with Crippen molar-refractivity contribution in [1.82, 2.24) is 24.9 Å². The zero-order valence-corrected chi connectivity index (χ0v) is 14.7. The Kier molecular flexibility index (Phi) is 5.04. The largest absolute Gasteiger partial charge is 0.495 e. The minimum Gasteiger partial charge on any atom is -0.495 e. The lowest BCUT2D eigenvalue weighted by Crippen LogP contribution is -2.41. The molecule has 0 aliphatic carbocycles. The van der Waals surface area contributed by atoms with Crippen LogP contribution in [0.3, 0.4) is 0 Å². The Labute approximate surface area is 149 Å². The second-order valence-electron chi connectivity index (χ2n) is 5.77. The molecule has 0 atom stereocenters. The fraction of sp³-hybridized carbons (Fsp3) is 0.429. The molecule has 1 aliphatic heterocycles. The molecule has 2 heterocycles. The maximum atomic E-state index is 12.6. The number of tetrazole rings is 1. The standard InChI is InChI=1S/C14H18N6O5S/c1-25-12-8-10(14(21)22)2-3-11(12)17-26(23,24)20-6-4-9(5-7-20)13-15-18-19-16-13/h2-3,8-9,17H,4-7H2,1H3,(H,21,22)(H,15,16,18,19). The Hall–Kier alpha value is -2.73. The van der Waals surface area contributed by atoms with E-state index in [0.29, 0.717) is 31.8 Å². The first-order chi connectivity index (χ1) is 12.4. The number of methoxy groups -OCH3 is 1. The van der Waals surface area contributed by atoms with E-state index in [1.807, 2.05) is 0 Å². The van der Waals surface area contributed by atoms with Crippen LogP contribution >= 0.6 is 0 Å². The quantitative estimate of drug-likeness (QED) is 0.651. The van der Waals surface area contributed by atoms with Gasteiger partial charge in [0.2, 0.25) is 0 Å². The van der Waals surface area contributed by atoms with Gasteiger partial charge >= 0.3 is 16.2 Å². The molecule has 12 heteroatoms. The number of carbonyl (C=O) groups is 1. The van der Waals surface area contributed by atoms with Gasteiger partial charge in [0.15, 0.2) is 5.82 Å². The van der Waals surface area contributed by atoms with Gasteiger partial charge in [-0.3, -0.25) is 4.72 Å². The lowest BCUT2D eigenvalue weighted by Gasteiger charge is -2.30. The SMILES string of the molecule is COc1cc(C(=O)O)ccc1NS(=O)(=O)N1CCC(c2nn[nH]n2)CC1. The molecular formula is C14H18N6O5S. The molecule has 0 amide bonds. The molecule has 1 saturated heterocycles. The molecule has 140 valence electrons. The summed E-state index contributed by atoms with van der Waals surface area (Å²) in [6.07, 6.45) is 1.16. The number of H-pyrrole nitrogens is 1. The molecule has 3 N–H and O–H groups in total. The molecule has 1 aromatic carbocycles.